The fraction of sp³-hybridized carbons (Fsp3) is 0.576. The molecule has 1 aliphatic carbocycles. The molecule has 4 amide bonds. The molecule has 47 heavy (non-hydrogen) atoms. The van der Waals surface area contributed by atoms with Crippen LogP contribution in [0.25, 0.3) is 10.8 Å². The zero-order valence-corrected chi connectivity index (χ0v) is 29.0. The van der Waals surface area contributed by atoms with Gasteiger partial charge in [0, 0.05) is 25.7 Å². The Hall–Kier alpha value is -3.91. The monoisotopic (exact) mass is 672 g/mol. The van der Waals surface area contributed by atoms with Gasteiger partial charge in [-0.3, -0.25) is 5.32 Å². The molecule has 2 aliphatic rings. The topological polar surface area (TPSA) is 159 Å². The first-order valence-corrected chi connectivity index (χ1v) is 17.6. The fourth-order valence-corrected chi connectivity index (χ4v) is 6.63. The number of benzene rings is 2. The summed E-state index contributed by atoms with van der Waals surface area (Å²) >= 11 is 0. The number of carbonyl (C=O) groups excluding carboxylic acids is 3. The Morgan fingerprint density at radius 1 is 0.894 bits per heavy atom. The predicted molar refractivity (Wildman–Crippen MR) is 179 cm³/mol. The summed E-state index contributed by atoms with van der Waals surface area (Å²) in [7, 11) is -4.09. The summed E-state index contributed by atoms with van der Waals surface area (Å²) in [5.41, 5.74) is -1.55. The van der Waals surface area contributed by atoms with Gasteiger partial charge in [-0.25, -0.2) is 27.8 Å². The lowest BCUT2D eigenvalue weighted by atomic mass is 9.97. The third kappa shape index (κ3) is 11.1. The van der Waals surface area contributed by atoms with E-state index in [9.17, 15) is 22.8 Å². The van der Waals surface area contributed by atoms with Gasteiger partial charge in [0.15, 0.2) is 0 Å². The number of carbonyl (C=O) groups is 3. The van der Waals surface area contributed by atoms with Crippen LogP contribution < -0.4 is 15.5 Å². The maximum Gasteiger partial charge on any atom is 0.437 e. The summed E-state index contributed by atoms with van der Waals surface area (Å²) in [6.07, 6.45) is 3.14. The van der Waals surface area contributed by atoms with Crippen molar-refractivity contribution < 1.29 is 32.3 Å². The van der Waals surface area contributed by atoms with Crippen LogP contribution in [0.4, 0.5) is 14.4 Å². The second-order valence-corrected chi connectivity index (χ2v) is 15.8. The molecule has 13 nitrogen and oxygen atoms in total. The van der Waals surface area contributed by atoms with Gasteiger partial charge in [-0.15, -0.1) is 9.82 Å². The summed E-state index contributed by atoms with van der Waals surface area (Å²) in [4.78, 5) is 47.1. The van der Waals surface area contributed by atoms with Crippen LogP contribution in [0.1, 0.15) is 80.1 Å². The highest BCUT2D eigenvalue weighted by Gasteiger charge is 2.31. The number of likely N-dealkylation sites (tertiary alicyclic amines) is 1. The molecule has 0 bridgehead atoms. The molecular weight excluding hydrogens is 624 g/mol. The first kappa shape index (κ1) is 35.9. The molecular formula is C33H48N6O7S. The van der Waals surface area contributed by atoms with Crippen LogP contribution in [0.3, 0.4) is 0 Å². The molecule has 0 aromatic heterocycles. The maximum absolute atomic E-state index is 13.6. The first-order chi connectivity index (χ1) is 22.0. The lowest BCUT2D eigenvalue weighted by Gasteiger charge is -2.36. The van der Waals surface area contributed by atoms with Gasteiger partial charge in [0.05, 0.1) is 4.90 Å². The largest absolute Gasteiger partial charge is 0.444 e. The van der Waals surface area contributed by atoms with Gasteiger partial charge in [0.25, 0.3) is 10.0 Å². The van der Waals surface area contributed by atoms with Crippen molar-refractivity contribution in [3.8, 4) is 0 Å². The highest BCUT2D eigenvalue weighted by Crippen LogP contribution is 2.23. The number of hydrazine groups is 1. The van der Waals surface area contributed by atoms with E-state index in [1.165, 1.54) is 6.07 Å². The number of hydrogen-bond acceptors (Lipinski definition) is 7. The number of amides is 4. The molecule has 0 spiro atoms. The average molecular weight is 673 g/mol. The Morgan fingerprint density at radius 2 is 1.51 bits per heavy atom. The number of fused-ring (bicyclic) bond motifs is 1. The number of ether oxygens (including phenoxy) is 2. The van der Waals surface area contributed by atoms with Crippen molar-refractivity contribution in [2.24, 2.45) is 10.9 Å². The van der Waals surface area contributed by atoms with E-state index in [0.717, 1.165) is 41.5 Å². The lowest BCUT2D eigenvalue weighted by molar-refractivity contribution is 0.0551. The number of piperidine rings is 1. The lowest BCUT2D eigenvalue weighted by Crippen LogP contribution is -2.55. The van der Waals surface area contributed by atoms with Crippen LogP contribution in [0.2, 0.25) is 0 Å². The number of hydrogen-bond donors (Lipinski definition) is 3. The molecule has 2 aromatic rings. The predicted octanol–water partition coefficient (Wildman–Crippen LogP) is 5.52. The first-order valence-electron chi connectivity index (χ1n) is 16.1. The molecule has 3 N–H and O–H groups in total. The zero-order chi connectivity index (χ0) is 34.4. The summed E-state index contributed by atoms with van der Waals surface area (Å²) in [5, 5.41) is 8.42. The summed E-state index contributed by atoms with van der Waals surface area (Å²) in [6, 6.07) is 11.8. The van der Waals surface area contributed by atoms with Crippen molar-refractivity contribution in [2.45, 2.75) is 102 Å². The smallest absolute Gasteiger partial charge is 0.437 e. The van der Waals surface area contributed by atoms with Gasteiger partial charge < -0.3 is 19.7 Å². The molecule has 1 saturated heterocycles. The summed E-state index contributed by atoms with van der Waals surface area (Å²) < 4.78 is 37.8. The number of nitrogens with zero attached hydrogens (tertiary/aromatic N) is 3. The van der Waals surface area contributed by atoms with Crippen molar-refractivity contribution >= 4 is 45.0 Å². The minimum Gasteiger partial charge on any atom is -0.444 e. The molecule has 1 aliphatic heterocycles. The zero-order valence-electron chi connectivity index (χ0n) is 28.2. The fourth-order valence-electron chi connectivity index (χ4n) is 5.55. The number of rotatable bonds is 6. The number of alkyl carbamates (subject to hydrolysis) is 1. The second-order valence-electron chi connectivity index (χ2n) is 14.1. The number of sulfonamides is 1. The van der Waals surface area contributed by atoms with E-state index >= 15 is 0 Å². The van der Waals surface area contributed by atoms with Crippen LogP contribution in [-0.2, 0) is 19.5 Å². The van der Waals surface area contributed by atoms with E-state index in [4.69, 9.17) is 9.47 Å². The van der Waals surface area contributed by atoms with E-state index in [0.29, 0.717) is 25.9 Å². The van der Waals surface area contributed by atoms with Gasteiger partial charge in [0.2, 0.25) is 5.96 Å². The molecule has 0 unspecified atom stereocenters. The number of aliphatic imine (C=N–C) groups is 1. The molecule has 0 atom stereocenters. The molecule has 1 saturated carbocycles. The minimum atomic E-state index is -4.09. The van der Waals surface area contributed by atoms with Crippen molar-refractivity contribution in [3.05, 3.63) is 42.5 Å². The van der Waals surface area contributed by atoms with Crippen molar-refractivity contribution in [1.82, 2.24) is 25.4 Å². The molecule has 14 heteroatoms. The average Bonchev–Trinajstić information content (AvgIpc) is 3.47. The SMILES string of the molecule is CC(C)(C)OC(=O)/N=C(/NC(=O)OC(C)(C)C)N1CCC(CN(NS(=O)(=O)c2ccc3ccccc3c2)C(=O)NC2CCCC2)CC1. The van der Waals surface area contributed by atoms with Crippen LogP contribution in [0.5, 0.6) is 0 Å². The third-order valence-corrected chi connectivity index (χ3v) is 9.08. The van der Waals surface area contributed by atoms with Crippen molar-refractivity contribution in [3.63, 3.8) is 0 Å². The standard InChI is InChI=1S/C33H48N6O7S/c1-32(2,3)45-30(41)35-28(36-31(42)46-33(4,5)6)38-19-17-23(18-20-38)22-39(29(40)34-26-13-9-10-14-26)37-47(43,44)27-16-15-24-11-7-8-12-25(24)21-27/h7-8,11-12,15-16,21,23,26,37H,9-10,13-14,17-20,22H2,1-6H3,(H,34,40)(H,35,36,41,42). The quantitative estimate of drug-likeness (QED) is 0.206. The van der Waals surface area contributed by atoms with Crippen LogP contribution in [0.15, 0.2) is 52.4 Å². The molecule has 258 valence electrons. The van der Waals surface area contributed by atoms with E-state index in [-0.39, 0.29) is 29.4 Å². The van der Waals surface area contributed by atoms with E-state index in [1.807, 2.05) is 24.3 Å². The Bertz CT molecular complexity index is 1570. The van der Waals surface area contributed by atoms with Gasteiger partial charge in [-0.2, -0.15) is 0 Å². The van der Waals surface area contributed by atoms with Gasteiger partial charge in [0.1, 0.15) is 11.2 Å². The second kappa shape index (κ2) is 14.9. The normalized spacial score (nSPS) is 17.0. The summed E-state index contributed by atoms with van der Waals surface area (Å²) in [5.74, 6) is -0.0935. The van der Waals surface area contributed by atoms with E-state index in [1.54, 1.807) is 58.6 Å². The van der Waals surface area contributed by atoms with Crippen LogP contribution in [-0.4, -0.2) is 79.4 Å². The summed E-state index contributed by atoms with van der Waals surface area (Å²) in [6.45, 7) is 11.2. The van der Waals surface area contributed by atoms with Gasteiger partial charge in [-0.1, -0.05) is 43.2 Å². The molecule has 0 radical (unpaired) electrons. The highest BCUT2D eigenvalue weighted by molar-refractivity contribution is 7.89. The van der Waals surface area contributed by atoms with Gasteiger partial charge in [-0.05, 0) is 96.0 Å². The Kier molecular flexibility index (Phi) is 11.4. The minimum absolute atomic E-state index is 0.000195. The Morgan fingerprint density at radius 3 is 2.13 bits per heavy atom. The van der Waals surface area contributed by atoms with Crippen molar-refractivity contribution in [1.29, 1.82) is 0 Å². The van der Waals surface area contributed by atoms with Crippen molar-refractivity contribution in [2.75, 3.05) is 19.6 Å². The molecule has 4 rings (SSSR count). The maximum atomic E-state index is 13.6. The Labute approximate surface area is 277 Å². The Balaban J connectivity index is 1.48. The van der Waals surface area contributed by atoms with Crippen LogP contribution in [0, 0.1) is 5.92 Å². The number of nitrogens with one attached hydrogen (secondary N) is 3. The third-order valence-electron chi connectivity index (χ3n) is 7.75. The number of urea groups is 1. The number of guanidine groups is 1. The van der Waals surface area contributed by atoms with Gasteiger partial charge >= 0.3 is 18.2 Å². The molecule has 2 aromatic carbocycles. The molecule has 2 fully saturated rings. The van der Waals surface area contributed by atoms with Crippen LogP contribution >= 0.6 is 0 Å². The highest BCUT2D eigenvalue weighted by atomic mass is 32.2. The molecule has 1 heterocycles. The van der Waals surface area contributed by atoms with E-state index < -0.39 is 39.4 Å². The van der Waals surface area contributed by atoms with E-state index in [2.05, 4.69) is 20.5 Å².